The van der Waals surface area contributed by atoms with Gasteiger partial charge in [-0.05, 0) is 83.3 Å². The van der Waals surface area contributed by atoms with Crippen LogP contribution in [0.25, 0.3) is 44.3 Å². The average Bonchev–Trinajstić information content (AvgIpc) is 3.33. The van der Waals surface area contributed by atoms with Crippen molar-refractivity contribution in [3.8, 4) is 22.4 Å². The molecular formula is C34H36NO+. The quantitative estimate of drug-likeness (QED) is 0.235. The summed E-state index contributed by atoms with van der Waals surface area (Å²) in [5.41, 5.74) is 5.30. The SMILES string of the molecule is [2H]C([2H])([2H])c1cc(-c2c(C)ccc3c2oc2cc(-c4ccc5c(c4)C([2H])([2H])C(C)(C)C5([2H])[2H])ccc23)[n+](C)cc1C([2H])(C)C. The third-order valence-corrected chi connectivity index (χ3v) is 7.17. The van der Waals surface area contributed by atoms with Crippen LogP contribution >= 0.6 is 0 Å². The molecule has 2 heterocycles. The van der Waals surface area contributed by atoms with Gasteiger partial charge in [0.2, 0.25) is 5.69 Å². The zero-order chi connectivity index (χ0) is 32.4. The second kappa shape index (κ2) is 8.06. The Hall–Kier alpha value is -3.39. The lowest BCUT2D eigenvalue weighted by Crippen LogP contribution is -2.32. The van der Waals surface area contributed by atoms with Crippen LogP contribution in [0, 0.1) is 19.2 Å². The highest BCUT2D eigenvalue weighted by Gasteiger charge is 2.28. The highest BCUT2D eigenvalue weighted by atomic mass is 16.3. The number of hydrogen-bond donors (Lipinski definition) is 0. The van der Waals surface area contributed by atoms with E-state index >= 15 is 0 Å². The molecule has 5 aromatic rings. The van der Waals surface area contributed by atoms with Crippen molar-refractivity contribution in [3.63, 3.8) is 0 Å². The Morgan fingerprint density at radius 2 is 1.67 bits per heavy atom. The third-order valence-electron chi connectivity index (χ3n) is 7.17. The summed E-state index contributed by atoms with van der Waals surface area (Å²) in [4.78, 5) is 0. The second-order valence-electron chi connectivity index (χ2n) is 10.7. The molecule has 0 atom stereocenters. The van der Waals surface area contributed by atoms with Crippen LogP contribution in [0.5, 0.6) is 0 Å². The summed E-state index contributed by atoms with van der Waals surface area (Å²) in [6.45, 7) is 6.20. The Morgan fingerprint density at radius 1 is 0.944 bits per heavy atom. The average molecular weight is 483 g/mol. The molecule has 0 saturated heterocycles. The van der Waals surface area contributed by atoms with Gasteiger partial charge in [0.05, 0.1) is 5.56 Å². The number of fused-ring (bicyclic) bond motifs is 4. The maximum absolute atomic E-state index is 8.79. The number of benzene rings is 3. The van der Waals surface area contributed by atoms with Crippen molar-refractivity contribution in [2.24, 2.45) is 12.5 Å². The molecule has 0 fully saturated rings. The number of furan rings is 1. The van der Waals surface area contributed by atoms with Gasteiger partial charge in [-0.2, -0.15) is 0 Å². The van der Waals surface area contributed by atoms with Gasteiger partial charge in [-0.3, -0.25) is 0 Å². The molecule has 2 aromatic heterocycles. The maximum atomic E-state index is 8.79. The summed E-state index contributed by atoms with van der Waals surface area (Å²) in [7, 11) is 1.85. The number of aryl methyl sites for hydroxylation is 3. The first-order valence-electron chi connectivity index (χ1n) is 16.3. The van der Waals surface area contributed by atoms with E-state index in [0.29, 0.717) is 33.6 Å². The van der Waals surface area contributed by atoms with Crippen molar-refractivity contribution in [3.05, 3.63) is 88.6 Å². The predicted octanol–water partition coefficient (Wildman–Crippen LogP) is 8.61. The van der Waals surface area contributed by atoms with Gasteiger partial charge in [0.25, 0.3) is 0 Å². The van der Waals surface area contributed by atoms with Crippen molar-refractivity contribution < 1.29 is 20.0 Å². The lowest BCUT2D eigenvalue weighted by molar-refractivity contribution is -0.660. The number of rotatable bonds is 3. The number of pyridine rings is 1. The minimum absolute atomic E-state index is 0.143. The van der Waals surface area contributed by atoms with Crippen LogP contribution in [0.15, 0.2) is 65.2 Å². The highest BCUT2D eigenvalue weighted by molar-refractivity contribution is 6.10. The summed E-state index contributed by atoms with van der Waals surface area (Å²) in [5, 5.41) is 1.77. The van der Waals surface area contributed by atoms with Gasteiger partial charge in [-0.15, -0.1) is 0 Å². The Labute approximate surface area is 225 Å². The number of nitrogens with zero attached hydrogens (tertiary/aromatic N) is 1. The van der Waals surface area contributed by atoms with E-state index in [-0.39, 0.29) is 5.56 Å². The van der Waals surface area contributed by atoms with E-state index in [1.807, 2.05) is 54.9 Å². The molecule has 1 aliphatic rings. The second-order valence-corrected chi connectivity index (χ2v) is 10.7. The van der Waals surface area contributed by atoms with Crippen LogP contribution in [0.2, 0.25) is 0 Å². The number of hydrogen-bond acceptors (Lipinski definition) is 1. The molecule has 0 spiro atoms. The first-order chi connectivity index (χ1) is 20.2. The lowest BCUT2D eigenvalue weighted by atomic mass is 9.90. The molecule has 6 rings (SSSR count). The van der Waals surface area contributed by atoms with Crippen molar-refractivity contribution in [1.82, 2.24) is 0 Å². The Balaban J connectivity index is 1.54. The molecule has 1 aliphatic carbocycles. The zero-order valence-corrected chi connectivity index (χ0v) is 21.6. The Morgan fingerprint density at radius 3 is 2.44 bits per heavy atom. The summed E-state index contributed by atoms with van der Waals surface area (Å²) in [6.07, 6.45) is -1.93. The van der Waals surface area contributed by atoms with E-state index in [1.165, 1.54) is 0 Å². The largest absolute Gasteiger partial charge is 0.455 e. The van der Waals surface area contributed by atoms with Gasteiger partial charge in [0.1, 0.15) is 18.2 Å². The van der Waals surface area contributed by atoms with Gasteiger partial charge in [0, 0.05) is 33.4 Å². The normalized spacial score (nSPS) is 21.5. The molecule has 3 aromatic carbocycles. The van der Waals surface area contributed by atoms with Crippen LogP contribution in [0.4, 0.5) is 0 Å². The summed E-state index contributed by atoms with van der Waals surface area (Å²) < 4.78 is 76.5. The van der Waals surface area contributed by atoms with Gasteiger partial charge in [-0.25, -0.2) is 4.57 Å². The van der Waals surface area contributed by atoms with Crippen LogP contribution < -0.4 is 4.57 Å². The molecule has 36 heavy (non-hydrogen) atoms. The Bertz CT molecular complexity index is 1990. The molecule has 0 N–H and O–H groups in total. The smallest absolute Gasteiger partial charge is 0.216 e. The third kappa shape index (κ3) is 3.66. The molecule has 182 valence electrons. The molecule has 0 bridgehead atoms. The van der Waals surface area contributed by atoms with E-state index < -0.39 is 30.9 Å². The van der Waals surface area contributed by atoms with Crippen LogP contribution in [-0.2, 0) is 19.8 Å². The first kappa shape index (κ1) is 15.7. The van der Waals surface area contributed by atoms with Crippen LogP contribution in [0.1, 0.15) is 72.4 Å². The van der Waals surface area contributed by atoms with E-state index in [2.05, 4.69) is 0 Å². The summed E-state index contributed by atoms with van der Waals surface area (Å²) in [6, 6.07) is 16.8. The monoisotopic (exact) mass is 482 g/mol. The van der Waals surface area contributed by atoms with Gasteiger partial charge < -0.3 is 4.42 Å². The van der Waals surface area contributed by atoms with Crippen molar-refractivity contribution in [2.45, 2.75) is 60.1 Å². The van der Waals surface area contributed by atoms with Gasteiger partial charge in [0.15, 0.2) is 6.20 Å². The van der Waals surface area contributed by atoms with Crippen LogP contribution in [0.3, 0.4) is 0 Å². The topological polar surface area (TPSA) is 17.0 Å². The standard InChI is InChI=1S/C34H36NO/c1-20(2)29-19-35(7)30(14-22(29)4)32-21(3)8-12-28-27-13-11-24(16-31(27)36-33(28)32)23-9-10-25-17-34(5,6)18-26(25)15-23/h8-16,19-20H,17-18H2,1-7H3/q+1/i4D3,17D2,18D2,20D. The summed E-state index contributed by atoms with van der Waals surface area (Å²) >= 11 is 0. The van der Waals surface area contributed by atoms with E-state index in [4.69, 9.17) is 15.4 Å². The van der Waals surface area contributed by atoms with Crippen molar-refractivity contribution in [2.75, 3.05) is 0 Å². The van der Waals surface area contributed by atoms with E-state index in [1.54, 1.807) is 52.1 Å². The fourth-order valence-corrected chi connectivity index (χ4v) is 5.37. The van der Waals surface area contributed by atoms with Crippen molar-refractivity contribution in [1.29, 1.82) is 0 Å². The zero-order valence-electron chi connectivity index (χ0n) is 29.6. The van der Waals surface area contributed by atoms with Crippen molar-refractivity contribution >= 4 is 21.9 Å². The maximum Gasteiger partial charge on any atom is 0.216 e. The highest BCUT2D eigenvalue weighted by Crippen LogP contribution is 2.41. The van der Waals surface area contributed by atoms with Gasteiger partial charge >= 0.3 is 0 Å². The molecule has 0 amide bonds. The Kier molecular flexibility index (Phi) is 3.51. The minimum Gasteiger partial charge on any atom is -0.455 e. The molecule has 2 nitrogen and oxygen atoms in total. The molecule has 2 heteroatoms. The minimum atomic E-state index is -2.40. The molecular weight excluding hydrogens is 438 g/mol. The van der Waals surface area contributed by atoms with E-state index in [9.17, 15) is 0 Å². The van der Waals surface area contributed by atoms with Gasteiger partial charge in [-0.1, -0.05) is 64.1 Å². The molecule has 0 aliphatic heterocycles. The van der Waals surface area contributed by atoms with E-state index in [0.717, 1.165) is 33.0 Å². The fourth-order valence-electron chi connectivity index (χ4n) is 5.37. The predicted molar refractivity (Wildman–Crippen MR) is 151 cm³/mol. The fraction of sp³-hybridized carbons (Fsp3) is 0.324. The number of aromatic nitrogens is 1. The first-order valence-corrected chi connectivity index (χ1v) is 12.3. The van der Waals surface area contributed by atoms with Crippen LogP contribution in [-0.4, -0.2) is 0 Å². The molecule has 0 unspecified atom stereocenters. The lowest BCUT2D eigenvalue weighted by Gasteiger charge is -2.14. The molecule has 0 saturated carbocycles. The summed E-state index contributed by atoms with van der Waals surface area (Å²) in [5.74, 6) is -1.10. The molecule has 0 radical (unpaired) electrons.